The van der Waals surface area contributed by atoms with Crippen molar-refractivity contribution in [3.8, 4) is 0 Å². The van der Waals surface area contributed by atoms with E-state index in [1.54, 1.807) is 0 Å². The van der Waals surface area contributed by atoms with Crippen LogP contribution in [0.1, 0.15) is 82.1 Å². The number of piperidine rings is 1. The third kappa shape index (κ3) is 8.20. The summed E-state index contributed by atoms with van der Waals surface area (Å²) < 4.78 is 2.32. The van der Waals surface area contributed by atoms with Crippen LogP contribution >= 0.6 is 0 Å². The van der Waals surface area contributed by atoms with Crippen LogP contribution in [-0.2, 0) is 13.0 Å². The van der Waals surface area contributed by atoms with Gasteiger partial charge in [0.05, 0.1) is 11.0 Å². The Morgan fingerprint density at radius 2 is 1.72 bits per heavy atom. The van der Waals surface area contributed by atoms with Crippen molar-refractivity contribution < 1.29 is 4.79 Å². The summed E-state index contributed by atoms with van der Waals surface area (Å²) in [6.07, 6.45) is 10.1. The number of aromatic nitrogens is 3. The van der Waals surface area contributed by atoms with E-state index in [2.05, 4.69) is 88.9 Å². The maximum atomic E-state index is 13.8. The third-order valence-corrected chi connectivity index (χ3v) is 8.89. The first kappa shape index (κ1) is 31.1. The third-order valence-electron chi connectivity index (χ3n) is 8.89. The van der Waals surface area contributed by atoms with Gasteiger partial charge in [-0.1, -0.05) is 52.3 Å². The van der Waals surface area contributed by atoms with E-state index < -0.39 is 0 Å². The molecule has 0 unspecified atom stereocenters. The Hall–Kier alpha value is -3.32. The molecule has 232 valence electrons. The fraction of sp³-hybridized carbons (Fsp3) is 0.556. The number of nitrogens with zero attached hydrogens (tertiary/aromatic N) is 4. The second-order valence-corrected chi connectivity index (χ2v) is 13.2. The molecular formula is C36H52N6O. The zero-order valence-corrected chi connectivity index (χ0v) is 26.9. The summed E-state index contributed by atoms with van der Waals surface area (Å²) in [4.78, 5) is 26.9. The van der Waals surface area contributed by atoms with Gasteiger partial charge >= 0.3 is 0 Å². The molecule has 2 aromatic heterocycles. The van der Waals surface area contributed by atoms with Gasteiger partial charge in [0.15, 0.2) is 0 Å². The van der Waals surface area contributed by atoms with Gasteiger partial charge in [-0.25, -0.2) is 4.98 Å². The van der Waals surface area contributed by atoms with Crippen molar-refractivity contribution in [1.29, 1.82) is 0 Å². The predicted octanol–water partition coefficient (Wildman–Crippen LogP) is 7.58. The van der Waals surface area contributed by atoms with Crippen molar-refractivity contribution in [2.24, 2.45) is 11.8 Å². The molecule has 1 saturated heterocycles. The first-order valence-electron chi connectivity index (χ1n) is 16.7. The van der Waals surface area contributed by atoms with Crippen molar-refractivity contribution in [3.05, 3.63) is 59.8 Å². The van der Waals surface area contributed by atoms with Gasteiger partial charge in [-0.2, -0.15) is 0 Å². The van der Waals surface area contributed by atoms with Gasteiger partial charge in [0.25, 0.3) is 5.91 Å². The van der Waals surface area contributed by atoms with Crippen LogP contribution in [0.2, 0.25) is 0 Å². The van der Waals surface area contributed by atoms with E-state index in [1.807, 2.05) is 12.1 Å². The van der Waals surface area contributed by atoms with E-state index in [0.29, 0.717) is 11.8 Å². The SMILES string of the molecule is CC(C)CCN(CCC(C)C)C(=O)c1ccc2nc(NCCc3c[nH]c4ccccc34)n(CCCN3CCCCC3)c2c1. The minimum Gasteiger partial charge on any atom is -0.361 e. The minimum atomic E-state index is 0.137. The predicted molar refractivity (Wildman–Crippen MR) is 180 cm³/mol. The molecule has 0 atom stereocenters. The van der Waals surface area contributed by atoms with Gasteiger partial charge in [0.2, 0.25) is 5.95 Å². The van der Waals surface area contributed by atoms with Crippen molar-refractivity contribution in [1.82, 2.24) is 24.3 Å². The first-order chi connectivity index (χ1) is 20.9. The highest BCUT2D eigenvalue weighted by Gasteiger charge is 2.20. The number of carbonyl (C=O) groups is 1. The highest BCUT2D eigenvalue weighted by Crippen LogP contribution is 2.24. The number of benzene rings is 2. The molecule has 43 heavy (non-hydrogen) atoms. The van der Waals surface area contributed by atoms with Crippen LogP contribution in [-0.4, -0.2) is 69.5 Å². The molecule has 3 heterocycles. The lowest BCUT2D eigenvalue weighted by Crippen LogP contribution is -2.34. The minimum absolute atomic E-state index is 0.137. The highest BCUT2D eigenvalue weighted by molar-refractivity contribution is 5.97. The van der Waals surface area contributed by atoms with Crippen molar-refractivity contribution in [3.63, 3.8) is 0 Å². The lowest BCUT2D eigenvalue weighted by Gasteiger charge is -2.26. The summed E-state index contributed by atoms with van der Waals surface area (Å²) in [6.45, 7) is 15.7. The number of anilines is 1. The summed E-state index contributed by atoms with van der Waals surface area (Å²) in [5, 5.41) is 4.94. The smallest absolute Gasteiger partial charge is 0.253 e. The van der Waals surface area contributed by atoms with Crippen LogP contribution in [0.5, 0.6) is 0 Å². The second kappa shape index (κ2) is 14.9. The van der Waals surface area contributed by atoms with Crippen molar-refractivity contribution in [2.75, 3.05) is 44.6 Å². The number of aromatic amines is 1. The van der Waals surface area contributed by atoms with Gasteiger partial charge in [-0.05, 0) is 99.8 Å². The summed E-state index contributed by atoms with van der Waals surface area (Å²) in [5.74, 6) is 2.17. The number of hydrogen-bond donors (Lipinski definition) is 2. The van der Waals surface area contributed by atoms with Crippen molar-refractivity contribution >= 4 is 33.8 Å². The molecule has 7 nitrogen and oxygen atoms in total. The second-order valence-electron chi connectivity index (χ2n) is 13.2. The van der Waals surface area contributed by atoms with Gasteiger partial charge in [-0.3, -0.25) is 4.79 Å². The van der Waals surface area contributed by atoms with E-state index in [-0.39, 0.29) is 5.91 Å². The summed E-state index contributed by atoms with van der Waals surface area (Å²) in [5.41, 5.74) is 5.25. The number of H-pyrrole nitrogens is 1. The van der Waals surface area contributed by atoms with Crippen LogP contribution in [0.15, 0.2) is 48.7 Å². The fourth-order valence-corrected chi connectivity index (χ4v) is 6.23. The number of aryl methyl sites for hydroxylation is 1. The monoisotopic (exact) mass is 584 g/mol. The maximum Gasteiger partial charge on any atom is 0.253 e. The Kier molecular flexibility index (Phi) is 10.8. The van der Waals surface area contributed by atoms with Crippen LogP contribution < -0.4 is 5.32 Å². The number of para-hydroxylation sites is 1. The molecule has 0 aliphatic carbocycles. The van der Waals surface area contributed by atoms with Gasteiger partial charge < -0.3 is 24.7 Å². The molecule has 1 aliphatic heterocycles. The molecule has 2 aromatic carbocycles. The van der Waals surface area contributed by atoms with E-state index in [9.17, 15) is 4.79 Å². The molecule has 1 aliphatic rings. The average molecular weight is 585 g/mol. The number of likely N-dealkylation sites (tertiary alicyclic amines) is 1. The van der Waals surface area contributed by atoms with Gasteiger partial charge in [0, 0.05) is 48.8 Å². The summed E-state index contributed by atoms with van der Waals surface area (Å²) >= 11 is 0. The fourth-order valence-electron chi connectivity index (χ4n) is 6.23. The van der Waals surface area contributed by atoms with E-state index in [4.69, 9.17) is 4.98 Å². The molecule has 1 amide bonds. The molecule has 0 spiro atoms. The number of fused-ring (bicyclic) bond motifs is 2. The van der Waals surface area contributed by atoms with Crippen LogP contribution in [0.4, 0.5) is 5.95 Å². The molecule has 0 radical (unpaired) electrons. The molecular weight excluding hydrogens is 532 g/mol. The number of rotatable bonds is 15. The number of nitrogens with one attached hydrogen (secondary N) is 2. The lowest BCUT2D eigenvalue weighted by molar-refractivity contribution is 0.0741. The number of imidazole rings is 1. The maximum absolute atomic E-state index is 13.8. The Bertz CT molecular complexity index is 1450. The largest absolute Gasteiger partial charge is 0.361 e. The molecule has 5 rings (SSSR count). The van der Waals surface area contributed by atoms with Crippen molar-refractivity contribution in [2.45, 2.75) is 79.2 Å². The van der Waals surface area contributed by atoms with Crippen LogP contribution in [0.25, 0.3) is 21.9 Å². The summed E-state index contributed by atoms with van der Waals surface area (Å²) in [6, 6.07) is 14.6. The van der Waals surface area contributed by atoms with Crippen LogP contribution in [0.3, 0.4) is 0 Å². The van der Waals surface area contributed by atoms with Gasteiger partial charge in [-0.15, -0.1) is 0 Å². The average Bonchev–Trinajstić information content (AvgIpc) is 3.58. The molecule has 0 bridgehead atoms. The number of carbonyl (C=O) groups excluding carboxylic acids is 1. The standard InChI is InChI=1S/C36H52N6O/c1-27(2)16-23-41(24-17-28(3)4)35(43)29-13-14-33-34(25-29)42(22-10-21-40-19-8-5-9-20-40)36(39-33)37-18-15-30-26-38-32-12-7-6-11-31(30)32/h6-7,11-14,25-28,38H,5,8-10,15-24H2,1-4H3,(H,37,39). The quantitative estimate of drug-likeness (QED) is 0.151. The molecule has 7 heteroatoms. The Morgan fingerprint density at radius 1 is 0.977 bits per heavy atom. The molecule has 2 N–H and O–H groups in total. The zero-order valence-electron chi connectivity index (χ0n) is 26.9. The first-order valence-corrected chi connectivity index (χ1v) is 16.7. The Labute approximate surface area is 258 Å². The normalized spacial score (nSPS) is 14.4. The number of amides is 1. The number of hydrogen-bond acceptors (Lipinski definition) is 4. The van der Waals surface area contributed by atoms with Gasteiger partial charge in [0.1, 0.15) is 0 Å². The van der Waals surface area contributed by atoms with Crippen LogP contribution in [0, 0.1) is 11.8 Å². The zero-order chi connectivity index (χ0) is 30.2. The lowest BCUT2D eigenvalue weighted by atomic mass is 10.1. The molecule has 1 fully saturated rings. The topological polar surface area (TPSA) is 69.2 Å². The molecule has 4 aromatic rings. The summed E-state index contributed by atoms with van der Waals surface area (Å²) in [7, 11) is 0. The Morgan fingerprint density at radius 3 is 2.47 bits per heavy atom. The van der Waals surface area contributed by atoms with E-state index in [1.165, 1.54) is 48.8 Å². The molecule has 0 saturated carbocycles. The van der Waals surface area contributed by atoms with E-state index in [0.717, 1.165) is 81.0 Å². The highest BCUT2D eigenvalue weighted by atomic mass is 16.2. The van der Waals surface area contributed by atoms with E-state index >= 15 is 0 Å². The Balaban J connectivity index is 1.36.